The fraction of sp³-hybridized carbons (Fsp3) is 0.783. The van der Waals surface area contributed by atoms with E-state index in [9.17, 15) is 9.59 Å². The first kappa shape index (κ1) is 31.5. The summed E-state index contributed by atoms with van der Waals surface area (Å²) >= 11 is 0. The van der Waals surface area contributed by atoms with Gasteiger partial charge in [-0.25, -0.2) is 4.79 Å². The van der Waals surface area contributed by atoms with Gasteiger partial charge in [0.05, 0.1) is 37.5 Å². The van der Waals surface area contributed by atoms with E-state index in [4.69, 9.17) is 26.7 Å². The molecule has 11 heteroatoms. The highest BCUT2D eigenvalue weighted by Gasteiger charge is 2.17. The van der Waals surface area contributed by atoms with Crippen LogP contribution >= 0.6 is 0 Å². The fourth-order valence-electron chi connectivity index (χ4n) is 2.88. The summed E-state index contributed by atoms with van der Waals surface area (Å²) in [6.07, 6.45) is 6.75. The van der Waals surface area contributed by atoms with Crippen molar-refractivity contribution in [2.45, 2.75) is 77.8 Å². The second kappa shape index (κ2) is 21.0. The van der Waals surface area contributed by atoms with Crippen molar-refractivity contribution < 1.29 is 19.1 Å². The largest absolute Gasteiger partial charge is 0.464 e. The smallest absolute Gasteiger partial charge is 0.330 e. The lowest BCUT2D eigenvalue weighted by atomic mass is 10.1. The number of unbranched alkanes of at least 4 members (excludes halogenated alkanes) is 2. The van der Waals surface area contributed by atoms with Crippen LogP contribution in [0.1, 0.15) is 65.7 Å². The topological polar surface area (TPSA) is 180 Å². The number of rotatable bonds is 20. The van der Waals surface area contributed by atoms with E-state index in [1.54, 1.807) is 27.0 Å². The molecule has 0 saturated heterocycles. The van der Waals surface area contributed by atoms with Gasteiger partial charge in [0.25, 0.3) is 0 Å². The van der Waals surface area contributed by atoms with Crippen molar-refractivity contribution in [2.75, 3.05) is 39.5 Å². The molecule has 0 heterocycles. The summed E-state index contributed by atoms with van der Waals surface area (Å²) in [7, 11) is 0. The molecular formula is C23H45N7O4. The third kappa shape index (κ3) is 19.0. The lowest BCUT2D eigenvalue weighted by molar-refractivity contribution is -0.144. The van der Waals surface area contributed by atoms with Gasteiger partial charge >= 0.3 is 5.97 Å². The number of hydrogen-bond acceptors (Lipinski definition) is 8. The molecular weight excluding hydrogens is 438 g/mol. The fourth-order valence-corrected chi connectivity index (χ4v) is 2.88. The zero-order chi connectivity index (χ0) is 25.6. The van der Waals surface area contributed by atoms with Crippen LogP contribution < -0.4 is 22.5 Å². The van der Waals surface area contributed by atoms with E-state index in [0.29, 0.717) is 70.4 Å². The van der Waals surface area contributed by atoms with Gasteiger partial charge in [0.2, 0.25) is 5.91 Å². The van der Waals surface area contributed by atoms with Gasteiger partial charge in [-0.15, -0.1) is 0 Å². The van der Waals surface area contributed by atoms with Crippen molar-refractivity contribution >= 4 is 29.8 Å². The van der Waals surface area contributed by atoms with Crippen molar-refractivity contribution in [3.05, 3.63) is 0 Å². The highest BCUT2D eigenvalue weighted by molar-refractivity contribution is 5.81. The molecule has 0 saturated carbocycles. The molecule has 0 aromatic rings. The number of aliphatic imine (C=N–C) groups is 3. The lowest BCUT2D eigenvalue weighted by Gasteiger charge is -2.12. The molecule has 0 spiro atoms. The van der Waals surface area contributed by atoms with Crippen molar-refractivity contribution in [2.24, 2.45) is 32.2 Å². The first-order valence-electron chi connectivity index (χ1n) is 12.1. The standard InChI is InChI=1S/C23H45N7O4/c1-4-34-23(32)21(11-6-8-13-28-19(3)25)29-14-9-16-33-17-15-30-22(31)20(26)10-5-7-12-27-18(2)24/h14,20-21H,4-13,15-17,26H2,1-3H3,(H2,24,27)(H2,25,28)(H,30,31). The summed E-state index contributed by atoms with van der Waals surface area (Å²) in [4.78, 5) is 36.7. The van der Waals surface area contributed by atoms with Crippen LogP contribution in [0.15, 0.2) is 15.0 Å². The highest BCUT2D eigenvalue weighted by Crippen LogP contribution is 2.07. The Labute approximate surface area is 204 Å². The summed E-state index contributed by atoms with van der Waals surface area (Å²) in [6.45, 7) is 8.08. The minimum absolute atomic E-state index is 0.187. The maximum Gasteiger partial charge on any atom is 0.330 e. The van der Waals surface area contributed by atoms with Crippen molar-refractivity contribution in [3.63, 3.8) is 0 Å². The van der Waals surface area contributed by atoms with Gasteiger partial charge in [0.15, 0.2) is 0 Å². The molecule has 2 atom stereocenters. The average Bonchev–Trinajstić information content (AvgIpc) is 2.78. The van der Waals surface area contributed by atoms with E-state index < -0.39 is 12.1 Å². The van der Waals surface area contributed by atoms with Gasteiger partial charge in [-0.05, 0) is 59.3 Å². The molecule has 0 aromatic carbocycles. The predicted octanol–water partition coefficient (Wildman–Crippen LogP) is 0.934. The number of amides is 1. The van der Waals surface area contributed by atoms with Crippen molar-refractivity contribution in [3.8, 4) is 0 Å². The lowest BCUT2D eigenvalue weighted by Crippen LogP contribution is -2.41. The number of nitrogens with two attached hydrogens (primary N) is 3. The van der Waals surface area contributed by atoms with Crippen LogP contribution in [0.5, 0.6) is 0 Å². The highest BCUT2D eigenvalue weighted by atomic mass is 16.5. The second-order valence-electron chi connectivity index (χ2n) is 7.94. The zero-order valence-electron chi connectivity index (χ0n) is 21.1. The Morgan fingerprint density at radius 2 is 1.59 bits per heavy atom. The average molecular weight is 484 g/mol. The molecule has 0 bridgehead atoms. The summed E-state index contributed by atoms with van der Waals surface area (Å²) in [5.74, 6) is 0.613. The molecule has 0 aromatic heterocycles. The summed E-state index contributed by atoms with van der Waals surface area (Å²) in [6, 6.07) is -1.06. The molecule has 7 N–H and O–H groups in total. The van der Waals surface area contributed by atoms with E-state index in [2.05, 4.69) is 20.3 Å². The van der Waals surface area contributed by atoms with Gasteiger partial charge in [-0.2, -0.15) is 0 Å². The predicted molar refractivity (Wildman–Crippen MR) is 137 cm³/mol. The monoisotopic (exact) mass is 483 g/mol. The molecule has 11 nitrogen and oxygen atoms in total. The molecule has 1 amide bonds. The Balaban J connectivity index is 4.01. The van der Waals surface area contributed by atoms with Gasteiger partial charge in [-0.1, -0.05) is 0 Å². The van der Waals surface area contributed by atoms with E-state index in [1.165, 1.54) is 0 Å². The molecule has 196 valence electrons. The number of hydrogen-bond donors (Lipinski definition) is 4. The molecule has 0 radical (unpaired) electrons. The zero-order valence-corrected chi connectivity index (χ0v) is 21.1. The summed E-state index contributed by atoms with van der Waals surface area (Å²) in [5.41, 5.74) is 16.9. The number of amidine groups is 2. The quantitative estimate of drug-likeness (QED) is 0.0860. The van der Waals surface area contributed by atoms with Crippen LogP contribution in [0.3, 0.4) is 0 Å². The third-order valence-electron chi connectivity index (χ3n) is 4.65. The third-order valence-corrected chi connectivity index (χ3v) is 4.65. The summed E-state index contributed by atoms with van der Waals surface area (Å²) < 4.78 is 10.6. The minimum Gasteiger partial charge on any atom is -0.464 e. The van der Waals surface area contributed by atoms with E-state index in [1.807, 2.05) is 0 Å². The number of carbonyl (C=O) groups is 2. The first-order valence-corrected chi connectivity index (χ1v) is 12.1. The number of esters is 1. The first-order chi connectivity index (χ1) is 16.3. The second-order valence-corrected chi connectivity index (χ2v) is 7.94. The Morgan fingerprint density at radius 1 is 0.971 bits per heavy atom. The Bertz CT molecular complexity index is 645. The van der Waals surface area contributed by atoms with Crippen LogP contribution in [-0.4, -0.2) is 81.3 Å². The number of carbonyl (C=O) groups excluding carboxylic acids is 2. The number of nitrogens with zero attached hydrogens (tertiary/aromatic N) is 3. The maximum atomic E-state index is 12.1. The SMILES string of the molecule is CCOC(=O)C(CCCCN=C(C)N)N=CCCOCCNC(=O)C(N)CCCCN=C(C)N. The van der Waals surface area contributed by atoms with Crippen LogP contribution in [0.2, 0.25) is 0 Å². The molecule has 2 unspecified atom stereocenters. The molecule has 34 heavy (non-hydrogen) atoms. The molecule has 0 rings (SSSR count). The minimum atomic E-state index is -0.541. The molecule has 0 aliphatic carbocycles. The molecule has 0 fully saturated rings. The van der Waals surface area contributed by atoms with Crippen LogP contribution in [-0.2, 0) is 19.1 Å². The van der Waals surface area contributed by atoms with Crippen molar-refractivity contribution in [1.29, 1.82) is 0 Å². The molecule has 0 aliphatic heterocycles. The maximum absolute atomic E-state index is 12.1. The van der Waals surface area contributed by atoms with E-state index in [-0.39, 0.29) is 11.9 Å². The van der Waals surface area contributed by atoms with Gasteiger partial charge in [-0.3, -0.25) is 19.8 Å². The normalized spacial score (nSPS) is 14.2. The van der Waals surface area contributed by atoms with Gasteiger partial charge in [0, 0.05) is 32.3 Å². The van der Waals surface area contributed by atoms with Crippen molar-refractivity contribution in [1.82, 2.24) is 5.32 Å². The van der Waals surface area contributed by atoms with E-state index >= 15 is 0 Å². The Hall–Kier alpha value is -2.53. The van der Waals surface area contributed by atoms with Gasteiger partial charge < -0.3 is 32.0 Å². The van der Waals surface area contributed by atoms with Gasteiger partial charge in [0.1, 0.15) is 6.04 Å². The van der Waals surface area contributed by atoms with Crippen LogP contribution in [0.25, 0.3) is 0 Å². The number of nitrogens with one attached hydrogen (secondary N) is 1. The summed E-state index contributed by atoms with van der Waals surface area (Å²) in [5, 5.41) is 2.77. The van der Waals surface area contributed by atoms with Crippen LogP contribution in [0.4, 0.5) is 0 Å². The Morgan fingerprint density at radius 3 is 2.18 bits per heavy atom. The van der Waals surface area contributed by atoms with Crippen LogP contribution in [0, 0.1) is 0 Å². The van der Waals surface area contributed by atoms with E-state index in [0.717, 1.165) is 25.7 Å². The number of ether oxygens (including phenoxy) is 2. The molecule has 0 aliphatic rings. The Kier molecular flexibility index (Phi) is 19.5.